The van der Waals surface area contributed by atoms with Crippen LogP contribution < -0.4 is 4.90 Å². The third kappa shape index (κ3) is 4.91. The first-order chi connectivity index (χ1) is 24.8. The van der Waals surface area contributed by atoms with Crippen LogP contribution in [-0.2, 0) is 0 Å². The Kier molecular flexibility index (Phi) is 7.36. The van der Waals surface area contributed by atoms with Crippen LogP contribution in [0.3, 0.4) is 0 Å². The molecule has 0 N–H and O–H groups in total. The van der Waals surface area contributed by atoms with Gasteiger partial charge >= 0.3 is 0 Å². The Morgan fingerprint density at radius 1 is 0.700 bits per heavy atom. The van der Waals surface area contributed by atoms with E-state index in [1.807, 2.05) is 0 Å². The summed E-state index contributed by atoms with van der Waals surface area (Å²) in [4.78, 5) is 2.66. The lowest BCUT2D eigenvalue weighted by molar-refractivity contribution is 0.565. The van der Waals surface area contributed by atoms with E-state index in [4.69, 9.17) is 0 Å². The average molecular weight is 649 g/mol. The molecule has 2 heterocycles. The molecule has 1 aliphatic heterocycles. The van der Waals surface area contributed by atoms with Crippen molar-refractivity contribution in [2.45, 2.75) is 69.4 Å². The third-order valence-electron chi connectivity index (χ3n) is 12.0. The van der Waals surface area contributed by atoms with Gasteiger partial charge in [0.25, 0.3) is 0 Å². The van der Waals surface area contributed by atoms with E-state index < -0.39 is 0 Å². The Morgan fingerprint density at radius 3 is 2.50 bits per heavy atom. The van der Waals surface area contributed by atoms with Gasteiger partial charge in [0.2, 0.25) is 0 Å². The molecule has 4 unspecified atom stereocenters. The Balaban J connectivity index is 1.08. The molecule has 0 amide bonds. The molecule has 5 aliphatic rings. The van der Waals surface area contributed by atoms with Gasteiger partial charge < -0.3 is 9.47 Å². The fourth-order valence-corrected chi connectivity index (χ4v) is 9.65. The predicted octanol–water partition coefficient (Wildman–Crippen LogP) is 12.9. The molecule has 2 nitrogen and oxygen atoms in total. The maximum atomic E-state index is 2.66. The lowest BCUT2D eigenvalue weighted by Crippen LogP contribution is -2.30. The largest absolute Gasteiger partial charge is 0.337 e. The second-order valence-electron chi connectivity index (χ2n) is 14.9. The van der Waals surface area contributed by atoms with Crippen molar-refractivity contribution in [1.29, 1.82) is 0 Å². The van der Waals surface area contributed by atoms with Gasteiger partial charge in [-0.3, -0.25) is 0 Å². The molecule has 5 aromatic rings. The van der Waals surface area contributed by atoms with Crippen LogP contribution in [0.2, 0.25) is 0 Å². The highest BCUT2D eigenvalue weighted by atomic mass is 15.2. The molecule has 4 aliphatic carbocycles. The molecule has 0 spiro atoms. The summed E-state index contributed by atoms with van der Waals surface area (Å²) in [6.45, 7) is 0. The summed E-state index contributed by atoms with van der Waals surface area (Å²) in [5.74, 6) is 0.963. The Labute approximate surface area is 296 Å². The number of para-hydroxylation sites is 2. The summed E-state index contributed by atoms with van der Waals surface area (Å²) >= 11 is 0. The smallest absolute Gasteiger partial charge is 0.0576 e. The van der Waals surface area contributed by atoms with E-state index in [2.05, 4.69) is 155 Å². The number of rotatable bonds is 5. The fourth-order valence-electron chi connectivity index (χ4n) is 9.65. The highest BCUT2D eigenvalue weighted by Crippen LogP contribution is 2.51. The molecule has 0 bridgehead atoms. The van der Waals surface area contributed by atoms with Gasteiger partial charge in [0.05, 0.1) is 11.6 Å². The summed E-state index contributed by atoms with van der Waals surface area (Å²) < 4.78 is 2.64. The van der Waals surface area contributed by atoms with Crippen molar-refractivity contribution in [1.82, 2.24) is 4.57 Å². The Hall–Kier alpha value is -5.08. The molecule has 4 aromatic carbocycles. The van der Waals surface area contributed by atoms with Gasteiger partial charge in [0.15, 0.2) is 0 Å². The molecular weight excluding hydrogens is 605 g/mol. The first-order valence-electron chi connectivity index (χ1n) is 18.9. The molecule has 246 valence electrons. The summed E-state index contributed by atoms with van der Waals surface area (Å²) in [6.07, 6.45) is 33.3. The minimum Gasteiger partial charge on any atom is -0.337 e. The zero-order chi connectivity index (χ0) is 33.0. The monoisotopic (exact) mass is 648 g/mol. The zero-order valence-corrected chi connectivity index (χ0v) is 28.7. The molecule has 0 fully saturated rings. The lowest BCUT2D eigenvalue weighted by atomic mass is 9.85. The topological polar surface area (TPSA) is 8.17 Å². The van der Waals surface area contributed by atoms with Crippen molar-refractivity contribution in [2.24, 2.45) is 5.92 Å². The van der Waals surface area contributed by atoms with Gasteiger partial charge in [-0.15, -0.1) is 0 Å². The Bertz CT molecular complexity index is 2320. The first-order valence-corrected chi connectivity index (χ1v) is 18.9. The van der Waals surface area contributed by atoms with Crippen molar-refractivity contribution in [3.63, 3.8) is 0 Å². The highest BCUT2D eigenvalue weighted by Gasteiger charge is 2.39. The van der Waals surface area contributed by atoms with E-state index in [-0.39, 0.29) is 6.04 Å². The van der Waals surface area contributed by atoms with Gasteiger partial charge in [-0.1, -0.05) is 115 Å². The number of nitrogens with zero attached hydrogens (tertiary/aromatic N) is 2. The predicted molar refractivity (Wildman–Crippen MR) is 212 cm³/mol. The van der Waals surface area contributed by atoms with E-state index in [0.29, 0.717) is 17.9 Å². The second-order valence-corrected chi connectivity index (χ2v) is 14.9. The lowest BCUT2D eigenvalue weighted by Gasteiger charge is -2.32. The second kappa shape index (κ2) is 12.4. The molecule has 0 radical (unpaired) electrons. The number of anilines is 2. The van der Waals surface area contributed by atoms with Gasteiger partial charge in [0.1, 0.15) is 0 Å². The summed E-state index contributed by atoms with van der Waals surface area (Å²) in [6, 6.07) is 33.4. The van der Waals surface area contributed by atoms with Crippen LogP contribution in [0.5, 0.6) is 0 Å². The van der Waals surface area contributed by atoms with Gasteiger partial charge in [-0.05, 0) is 110 Å². The number of hydrogen-bond donors (Lipinski definition) is 0. The van der Waals surface area contributed by atoms with Crippen LogP contribution in [0, 0.1) is 5.92 Å². The van der Waals surface area contributed by atoms with Crippen molar-refractivity contribution in [3.05, 3.63) is 162 Å². The third-order valence-corrected chi connectivity index (χ3v) is 12.0. The van der Waals surface area contributed by atoms with Crippen LogP contribution in [0.25, 0.3) is 38.5 Å². The number of hydrogen-bond acceptors (Lipinski definition) is 1. The van der Waals surface area contributed by atoms with Crippen LogP contribution in [0.15, 0.2) is 151 Å². The maximum Gasteiger partial charge on any atom is 0.0576 e. The molecule has 4 atom stereocenters. The van der Waals surface area contributed by atoms with Crippen molar-refractivity contribution >= 4 is 38.8 Å². The minimum absolute atomic E-state index is 0.285. The van der Waals surface area contributed by atoms with Gasteiger partial charge in [0, 0.05) is 51.1 Å². The van der Waals surface area contributed by atoms with Gasteiger partial charge in [-0.25, -0.2) is 0 Å². The molecule has 50 heavy (non-hydrogen) atoms. The summed E-state index contributed by atoms with van der Waals surface area (Å²) in [5, 5.41) is 2.69. The fraction of sp³-hybridized carbons (Fsp3) is 0.250. The normalized spacial score (nSPS) is 24.0. The number of fused-ring (bicyclic) bond motifs is 6. The molecular formula is C48H44N2. The van der Waals surface area contributed by atoms with E-state index in [0.717, 1.165) is 25.7 Å². The standard InChI is InChI=1S/C48H44N2/c1-3-13-33(14-4-1)35-25-28-38(29-26-35)50-46-24-10-7-19-41(46)43-22-12-21-40(48(43)50)37-27-30-47-44(32-37)42-20-8-9-23-45(42)49(47)39-18-11-17-36(31-39)34-15-5-2-6-16-34/h2-3,5,7-8,10-13,15,17-22,24-28,30-33,38,42,45H,1,4,6,9,14,16,23,29H2. The van der Waals surface area contributed by atoms with E-state index in [9.17, 15) is 0 Å². The SMILES string of the molecule is C1=CCCC(c2cccc(N3c4ccc(-c5cccc6c7ccccc7n(C7C=CC(C8C=CCCC8)=CC7)c56)cc4C4C=CCCC43)c2)=C1. The van der Waals surface area contributed by atoms with E-state index >= 15 is 0 Å². The Morgan fingerprint density at radius 2 is 1.62 bits per heavy atom. The highest BCUT2D eigenvalue weighted by molar-refractivity contribution is 6.13. The van der Waals surface area contributed by atoms with Crippen molar-refractivity contribution < 1.29 is 0 Å². The first kappa shape index (κ1) is 29.8. The number of allylic oxidation sites excluding steroid dienone is 11. The van der Waals surface area contributed by atoms with Crippen LogP contribution >= 0.6 is 0 Å². The van der Waals surface area contributed by atoms with Gasteiger partial charge in [-0.2, -0.15) is 0 Å². The van der Waals surface area contributed by atoms with Crippen LogP contribution in [-0.4, -0.2) is 10.6 Å². The van der Waals surface area contributed by atoms with E-state index in [1.54, 1.807) is 0 Å². The quantitative estimate of drug-likeness (QED) is 0.172. The maximum absolute atomic E-state index is 2.66. The van der Waals surface area contributed by atoms with Crippen LogP contribution in [0.4, 0.5) is 11.4 Å². The van der Waals surface area contributed by atoms with Crippen LogP contribution in [0.1, 0.15) is 74.5 Å². The molecule has 0 saturated heterocycles. The van der Waals surface area contributed by atoms with Crippen molar-refractivity contribution in [3.8, 4) is 11.1 Å². The average Bonchev–Trinajstić information content (AvgIpc) is 3.71. The summed E-state index contributed by atoms with van der Waals surface area (Å²) in [5.41, 5.74) is 13.7. The molecule has 1 aromatic heterocycles. The summed E-state index contributed by atoms with van der Waals surface area (Å²) in [7, 11) is 0. The molecule has 2 heteroatoms. The molecule has 0 saturated carbocycles. The van der Waals surface area contributed by atoms with Crippen molar-refractivity contribution in [2.75, 3.05) is 4.90 Å². The van der Waals surface area contributed by atoms with E-state index in [1.165, 1.54) is 92.3 Å². The number of aromatic nitrogens is 1. The zero-order valence-electron chi connectivity index (χ0n) is 28.7. The minimum atomic E-state index is 0.285. The molecule has 10 rings (SSSR count). The number of benzene rings is 4.